The van der Waals surface area contributed by atoms with Crippen LogP contribution in [0.15, 0.2) is 546 Å². The van der Waals surface area contributed by atoms with Gasteiger partial charge in [0.15, 0.2) is 0 Å². The Labute approximate surface area is 772 Å². The molecule has 618 valence electrons. The average Bonchev–Trinajstić information content (AvgIpc) is 0.742. The van der Waals surface area contributed by atoms with Gasteiger partial charge in [-0.05, 0) is 262 Å². The minimum atomic E-state index is 1.22. The van der Waals surface area contributed by atoms with Gasteiger partial charge in [0.1, 0.15) is 0 Å². The van der Waals surface area contributed by atoms with Gasteiger partial charge in [-0.1, -0.05) is 516 Å². The van der Waals surface area contributed by atoms with Crippen molar-refractivity contribution < 1.29 is 0 Å². The maximum Gasteiger partial charge on any atom is -0.00262 e. The van der Waals surface area contributed by atoms with Crippen LogP contribution < -0.4 is 0 Å². The van der Waals surface area contributed by atoms with Crippen LogP contribution >= 0.6 is 0 Å². The van der Waals surface area contributed by atoms with Crippen molar-refractivity contribution in [1.29, 1.82) is 0 Å². The molecule has 24 aromatic rings. The van der Waals surface area contributed by atoms with Gasteiger partial charge in [0.05, 0.1) is 0 Å². The second-order valence-corrected chi connectivity index (χ2v) is 33.9. The lowest BCUT2D eigenvalue weighted by atomic mass is 9.85. The molecule has 0 atom stereocenters. The van der Waals surface area contributed by atoms with Crippen LogP contribution in [0.1, 0.15) is 0 Å². The van der Waals surface area contributed by atoms with Gasteiger partial charge in [0, 0.05) is 0 Å². The third-order valence-electron chi connectivity index (χ3n) is 26.0. The van der Waals surface area contributed by atoms with E-state index in [-0.39, 0.29) is 0 Å². The second kappa shape index (κ2) is 36.7. The second-order valence-electron chi connectivity index (χ2n) is 33.9. The summed E-state index contributed by atoms with van der Waals surface area (Å²) in [4.78, 5) is 0. The fraction of sp³-hybridized carbons (Fsp3) is 0. The van der Waals surface area contributed by atoms with E-state index in [4.69, 9.17) is 0 Å². The van der Waals surface area contributed by atoms with E-state index >= 15 is 0 Å². The molecule has 0 unspecified atom stereocenters. The Balaban J connectivity index is 0.000000116. The topological polar surface area (TPSA) is 0 Å². The minimum Gasteiger partial charge on any atom is -0.0622 e. The molecule has 0 aromatic heterocycles. The summed E-state index contributed by atoms with van der Waals surface area (Å²) in [6.07, 6.45) is 0. The fourth-order valence-electron chi connectivity index (χ4n) is 19.7. The monoisotopic (exact) mass is 1670 g/mol. The predicted octanol–water partition coefficient (Wildman–Crippen LogP) is 37.0. The molecular weight excluding hydrogens is 1590 g/mol. The van der Waals surface area contributed by atoms with E-state index in [9.17, 15) is 0 Å². The van der Waals surface area contributed by atoms with Gasteiger partial charge in [-0.3, -0.25) is 0 Å². The molecule has 0 nitrogen and oxygen atoms in total. The van der Waals surface area contributed by atoms with Gasteiger partial charge in [0.25, 0.3) is 0 Å². The van der Waals surface area contributed by atoms with Crippen molar-refractivity contribution in [2.75, 3.05) is 0 Å². The van der Waals surface area contributed by atoms with Crippen LogP contribution in [0.2, 0.25) is 0 Å². The molecular formula is C132H90. The third kappa shape index (κ3) is 16.2. The number of hydrogen-bond acceptors (Lipinski definition) is 0. The largest absolute Gasteiger partial charge is 0.0622 e. The summed E-state index contributed by atoms with van der Waals surface area (Å²) in [6.45, 7) is 0. The molecule has 0 N–H and O–H groups in total. The summed E-state index contributed by atoms with van der Waals surface area (Å²) in [7, 11) is 0. The molecule has 0 saturated heterocycles. The molecule has 0 aliphatic heterocycles. The summed E-state index contributed by atoms with van der Waals surface area (Å²) in [5.74, 6) is 0. The molecule has 24 aromatic carbocycles. The van der Waals surface area contributed by atoms with Gasteiger partial charge in [-0.25, -0.2) is 0 Å². The lowest BCUT2D eigenvalue weighted by molar-refractivity contribution is 1.58. The lowest BCUT2D eigenvalue weighted by Crippen LogP contribution is -1.91. The highest BCUT2D eigenvalue weighted by atomic mass is 14.3. The van der Waals surface area contributed by atoms with Gasteiger partial charge in [0.2, 0.25) is 0 Å². The van der Waals surface area contributed by atoms with Crippen LogP contribution in [0.5, 0.6) is 0 Å². The standard InChI is InChI=1S/3C44H30/c1-3-13-31(14-4-1)33-25-27-34(28-26-33)36-18-12-20-38(30-36)44-41-23-9-7-21-39(41)43(40-22-8-10-24-42(40)44)37-19-11-17-35(29-37)32-15-5-2-6-16-32;1-3-13-31(14-4-1)35-17-11-18-36(29-35)33-25-27-34(28-26-33)43-39-21-7-9-23-41(39)44(42-24-10-8-22-40(42)43)38-20-12-19-37(30-38)32-15-5-2-6-16-32;1-3-12-31(13-4-1)33-22-24-35(25-23-33)37-16-11-17-38(30-37)44-41-20-9-7-18-39(41)43(40-19-8-10-21-42(40)44)36-28-26-34(27-29-36)32-14-5-2-6-15-32/h3*1-30H. The highest BCUT2D eigenvalue weighted by Crippen LogP contribution is 2.50. The van der Waals surface area contributed by atoms with E-state index in [0.29, 0.717) is 0 Å². The average molecular weight is 1680 g/mol. The van der Waals surface area contributed by atoms with Crippen molar-refractivity contribution in [3.05, 3.63) is 546 Å². The quantitative estimate of drug-likeness (QED) is 0.0898. The fourth-order valence-corrected chi connectivity index (χ4v) is 19.7. The van der Waals surface area contributed by atoms with Crippen LogP contribution in [0.3, 0.4) is 0 Å². The van der Waals surface area contributed by atoms with Crippen LogP contribution in [0.25, 0.3) is 232 Å². The van der Waals surface area contributed by atoms with E-state index < -0.39 is 0 Å². The number of hydrogen-bond donors (Lipinski definition) is 0. The van der Waals surface area contributed by atoms with Crippen molar-refractivity contribution in [2.45, 2.75) is 0 Å². The highest BCUT2D eigenvalue weighted by molar-refractivity contribution is 6.25. The Morgan fingerprint density at radius 3 is 0.326 bits per heavy atom. The molecule has 132 heavy (non-hydrogen) atoms. The molecule has 0 aliphatic rings. The predicted molar refractivity (Wildman–Crippen MR) is 566 cm³/mol. The summed E-state index contributed by atoms with van der Waals surface area (Å²) in [6, 6.07) is 198. The smallest absolute Gasteiger partial charge is 0.00262 e. The van der Waals surface area contributed by atoms with Gasteiger partial charge < -0.3 is 0 Å². The van der Waals surface area contributed by atoms with Gasteiger partial charge >= 0.3 is 0 Å². The first-order chi connectivity index (χ1) is 65.5. The molecule has 0 aliphatic carbocycles. The molecule has 0 spiro atoms. The number of fused-ring (bicyclic) bond motifs is 6. The van der Waals surface area contributed by atoms with Crippen LogP contribution in [-0.2, 0) is 0 Å². The number of benzene rings is 24. The van der Waals surface area contributed by atoms with Crippen molar-refractivity contribution in [1.82, 2.24) is 0 Å². The Morgan fingerprint density at radius 1 is 0.0606 bits per heavy atom. The van der Waals surface area contributed by atoms with Crippen molar-refractivity contribution in [3.63, 3.8) is 0 Å². The summed E-state index contributed by atoms with van der Waals surface area (Å²) >= 11 is 0. The normalized spacial score (nSPS) is 11.2. The Kier molecular flexibility index (Phi) is 22.4. The van der Waals surface area contributed by atoms with Crippen LogP contribution in [-0.4, -0.2) is 0 Å². The van der Waals surface area contributed by atoms with Gasteiger partial charge in [-0.2, -0.15) is 0 Å². The molecule has 0 bridgehead atoms. The van der Waals surface area contributed by atoms with Crippen molar-refractivity contribution in [3.8, 4) is 167 Å². The summed E-state index contributed by atoms with van der Waals surface area (Å²) in [5, 5.41) is 15.2. The zero-order valence-electron chi connectivity index (χ0n) is 73.0. The van der Waals surface area contributed by atoms with E-state index in [0.717, 1.165) is 0 Å². The van der Waals surface area contributed by atoms with Crippen LogP contribution in [0, 0.1) is 0 Å². The summed E-state index contributed by atoms with van der Waals surface area (Å²) in [5.41, 5.74) is 37.2. The maximum atomic E-state index is 2.35. The first kappa shape index (κ1) is 80.7. The molecule has 0 amide bonds. The number of rotatable bonds is 15. The maximum absolute atomic E-state index is 2.35. The lowest BCUT2D eigenvalue weighted by Gasteiger charge is -2.18. The highest BCUT2D eigenvalue weighted by Gasteiger charge is 2.23. The Bertz CT molecular complexity index is 8100. The summed E-state index contributed by atoms with van der Waals surface area (Å²) < 4.78 is 0. The van der Waals surface area contributed by atoms with E-state index in [1.807, 2.05) is 0 Å². The first-order valence-corrected chi connectivity index (χ1v) is 45.6. The SMILES string of the molecule is c1ccc(-c2ccc(-c3cccc(-c4c5ccccc5c(-c5ccc(-c6ccccc6)cc5)c5ccccc45)c3)cc2)cc1.c1ccc(-c2ccc(-c3cccc(-c4c5ccccc5c(-c5cccc(-c6ccccc6)c5)c5ccccc45)c3)cc2)cc1.c1ccc(-c2cccc(-c3ccc(-c4c5ccccc5c(-c5cccc(-c6ccccc6)c5)c5ccccc45)cc3)c2)cc1. The van der Waals surface area contributed by atoms with Crippen LogP contribution in [0.4, 0.5) is 0 Å². The third-order valence-corrected chi connectivity index (χ3v) is 26.0. The zero-order chi connectivity index (χ0) is 87.9. The first-order valence-electron chi connectivity index (χ1n) is 45.6. The van der Waals surface area contributed by atoms with E-state index in [1.54, 1.807) is 0 Å². The molecule has 0 saturated carbocycles. The molecule has 0 radical (unpaired) electrons. The molecule has 24 rings (SSSR count). The molecule has 0 heteroatoms. The van der Waals surface area contributed by atoms with E-state index in [1.165, 1.54) is 232 Å². The van der Waals surface area contributed by atoms with Crippen molar-refractivity contribution in [2.24, 2.45) is 0 Å². The Hall–Kier alpha value is -17.2. The zero-order valence-corrected chi connectivity index (χ0v) is 73.0. The van der Waals surface area contributed by atoms with E-state index in [2.05, 4.69) is 546 Å². The molecule has 0 fully saturated rings. The Morgan fingerprint density at radius 2 is 0.159 bits per heavy atom. The molecule has 0 heterocycles. The minimum absolute atomic E-state index is 1.22. The van der Waals surface area contributed by atoms with Crippen molar-refractivity contribution >= 4 is 64.6 Å². The van der Waals surface area contributed by atoms with Gasteiger partial charge in [-0.15, -0.1) is 0 Å².